The number of nitrogens with one attached hydrogen (secondary N) is 1. The fourth-order valence-corrected chi connectivity index (χ4v) is 3.01. The van der Waals surface area contributed by atoms with Crippen LogP contribution in [-0.2, 0) is 19.7 Å². The second kappa shape index (κ2) is 9.13. The van der Waals surface area contributed by atoms with Crippen molar-refractivity contribution in [2.75, 3.05) is 0 Å². The van der Waals surface area contributed by atoms with Gasteiger partial charge in [-0.05, 0) is 49.2 Å². The third kappa shape index (κ3) is 5.06. The van der Waals surface area contributed by atoms with Crippen LogP contribution in [0.3, 0.4) is 0 Å². The molecule has 0 aliphatic rings. The molecule has 7 heteroatoms. The number of aromatic nitrogens is 2. The number of ether oxygens (including phenoxy) is 1. The molecule has 0 aliphatic heterocycles. The van der Waals surface area contributed by atoms with E-state index in [1.807, 2.05) is 44.2 Å². The zero-order chi connectivity index (χ0) is 20.1. The van der Waals surface area contributed by atoms with Gasteiger partial charge in [0, 0.05) is 18.3 Å². The lowest BCUT2D eigenvalue weighted by Gasteiger charge is -2.10. The van der Waals surface area contributed by atoms with E-state index in [4.69, 9.17) is 27.9 Å². The van der Waals surface area contributed by atoms with E-state index in [0.29, 0.717) is 33.7 Å². The zero-order valence-corrected chi connectivity index (χ0v) is 17.2. The van der Waals surface area contributed by atoms with E-state index in [-0.39, 0.29) is 12.5 Å². The Balaban J connectivity index is 1.56. The van der Waals surface area contributed by atoms with E-state index < -0.39 is 0 Å². The molecular weight excluding hydrogens is 397 g/mol. The van der Waals surface area contributed by atoms with Crippen LogP contribution in [0.2, 0.25) is 10.0 Å². The van der Waals surface area contributed by atoms with Gasteiger partial charge in [0.2, 0.25) is 0 Å². The van der Waals surface area contributed by atoms with Crippen LogP contribution < -0.4 is 10.1 Å². The summed E-state index contributed by atoms with van der Waals surface area (Å²) in [6.07, 6.45) is 1.75. The third-order valence-electron chi connectivity index (χ3n) is 4.22. The Kier molecular flexibility index (Phi) is 6.60. The minimum atomic E-state index is -0.184. The maximum atomic E-state index is 12.3. The number of amides is 1. The molecule has 1 aromatic heterocycles. The van der Waals surface area contributed by atoms with Crippen molar-refractivity contribution in [1.29, 1.82) is 0 Å². The van der Waals surface area contributed by atoms with E-state index in [0.717, 1.165) is 17.7 Å². The third-order valence-corrected chi connectivity index (χ3v) is 4.85. The van der Waals surface area contributed by atoms with Crippen LogP contribution in [-0.4, -0.2) is 15.7 Å². The number of hydrogen-bond donors (Lipinski definition) is 1. The van der Waals surface area contributed by atoms with Crippen LogP contribution in [0.5, 0.6) is 5.75 Å². The number of benzene rings is 2. The molecule has 0 fully saturated rings. The van der Waals surface area contributed by atoms with E-state index in [1.54, 1.807) is 23.0 Å². The monoisotopic (exact) mass is 417 g/mol. The van der Waals surface area contributed by atoms with Crippen molar-refractivity contribution >= 4 is 29.1 Å². The van der Waals surface area contributed by atoms with E-state index in [9.17, 15) is 4.79 Å². The minimum Gasteiger partial charge on any atom is -0.487 e. The SMILES string of the molecule is CCn1cc(Cl)c(CNC(=O)c2ccc(COc3cc(C)ccc3Cl)cc2)n1. The number of carbonyl (C=O) groups excluding carboxylic acids is 1. The summed E-state index contributed by atoms with van der Waals surface area (Å²) in [6.45, 7) is 5.34. The Morgan fingerprint density at radius 1 is 1.14 bits per heavy atom. The highest BCUT2D eigenvalue weighted by Crippen LogP contribution is 2.26. The van der Waals surface area contributed by atoms with Gasteiger partial charge in [-0.25, -0.2) is 0 Å². The van der Waals surface area contributed by atoms with Crippen molar-refractivity contribution in [1.82, 2.24) is 15.1 Å². The molecule has 0 saturated carbocycles. The first-order valence-corrected chi connectivity index (χ1v) is 9.69. The lowest BCUT2D eigenvalue weighted by Crippen LogP contribution is -2.23. The van der Waals surface area contributed by atoms with Crippen LogP contribution in [0, 0.1) is 6.92 Å². The fraction of sp³-hybridized carbons (Fsp3) is 0.238. The van der Waals surface area contributed by atoms with Gasteiger partial charge in [0.25, 0.3) is 5.91 Å². The average molecular weight is 418 g/mol. The maximum absolute atomic E-state index is 12.3. The van der Waals surface area contributed by atoms with Crippen LogP contribution in [0.1, 0.15) is 34.1 Å². The largest absolute Gasteiger partial charge is 0.487 e. The molecule has 1 N–H and O–H groups in total. The van der Waals surface area contributed by atoms with Gasteiger partial charge in [-0.3, -0.25) is 9.48 Å². The molecule has 3 aromatic rings. The molecule has 5 nitrogen and oxygen atoms in total. The smallest absolute Gasteiger partial charge is 0.251 e. The van der Waals surface area contributed by atoms with Crippen molar-refractivity contribution in [3.63, 3.8) is 0 Å². The number of carbonyl (C=O) groups is 1. The second-order valence-corrected chi connectivity index (χ2v) is 7.20. The number of halogens is 2. The second-order valence-electron chi connectivity index (χ2n) is 6.38. The van der Waals surface area contributed by atoms with Crippen LogP contribution in [0.15, 0.2) is 48.7 Å². The number of hydrogen-bond acceptors (Lipinski definition) is 3. The first-order chi connectivity index (χ1) is 13.5. The first-order valence-electron chi connectivity index (χ1n) is 8.94. The summed E-state index contributed by atoms with van der Waals surface area (Å²) in [5.41, 5.74) is 3.23. The van der Waals surface area contributed by atoms with Crippen molar-refractivity contribution < 1.29 is 9.53 Å². The summed E-state index contributed by atoms with van der Waals surface area (Å²) in [7, 11) is 0. The predicted octanol–water partition coefficient (Wildman–Crippen LogP) is 5.03. The molecule has 1 amide bonds. The summed E-state index contributed by atoms with van der Waals surface area (Å²) in [5, 5.41) is 8.27. The van der Waals surface area contributed by atoms with Crippen molar-refractivity contribution in [2.45, 2.75) is 33.5 Å². The Bertz CT molecular complexity index is 968. The molecule has 0 radical (unpaired) electrons. The molecule has 0 atom stereocenters. The Hall–Kier alpha value is -2.50. The Morgan fingerprint density at radius 3 is 2.57 bits per heavy atom. The summed E-state index contributed by atoms with van der Waals surface area (Å²) in [4.78, 5) is 12.3. The van der Waals surface area contributed by atoms with Gasteiger partial charge >= 0.3 is 0 Å². The summed E-state index contributed by atoms with van der Waals surface area (Å²) < 4.78 is 7.51. The molecule has 0 bridgehead atoms. The van der Waals surface area contributed by atoms with Crippen LogP contribution in [0.4, 0.5) is 0 Å². The molecule has 0 saturated heterocycles. The fourth-order valence-electron chi connectivity index (χ4n) is 2.62. The minimum absolute atomic E-state index is 0.184. The molecule has 146 valence electrons. The summed E-state index contributed by atoms with van der Waals surface area (Å²) >= 11 is 12.3. The first kappa shape index (κ1) is 20.2. The topological polar surface area (TPSA) is 56.2 Å². The van der Waals surface area contributed by atoms with Crippen molar-refractivity contribution in [3.05, 3.63) is 81.1 Å². The molecule has 0 unspecified atom stereocenters. The number of rotatable bonds is 7. The Morgan fingerprint density at radius 2 is 1.89 bits per heavy atom. The van der Waals surface area contributed by atoms with Gasteiger partial charge in [0.05, 0.1) is 16.6 Å². The van der Waals surface area contributed by atoms with E-state index >= 15 is 0 Å². The lowest BCUT2D eigenvalue weighted by atomic mass is 10.1. The molecule has 0 spiro atoms. The highest BCUT2D eigenvalue weighted by molar-refractivity contribution is 6.32. The van der Waals surface area contributed by atoms with Crippen molar-refractivity contribution in [2.24, 2.45) is 0 Å². The quantitative estimate of drug-likeness (QED) is 0.586. The summed E-state index contributed by atoms with van der Waals surface area (Å²) in [5.74, 6) is 0.461. The van der Waals surface area contributed by atoms with Gasteiger partial charge in [-0.1, -0.05) is 41.4 Å². The summed E-state index contributed by atoms with van der Waals surface area (Å²) in [6, 6.07) is 12.9. The van der Waals surface area contributed by atoms with Crippen LogP contribution >= 0.6 is 23.2 Å². The molecule has 0 aliphatic carbocycles. The number of aryl methyl sites for hydroxylation is 2. The zero-order valence-electron chi connectivity index (χ0n) is 15.7. The van der Waals surface area contributed by atoms with Gasteiger partial charge < -0.3 is 10.1 Å². The van der Waals surface area contributed by atoms with Gasteiger partial charge in [0.15, 0.2) is 0 Å². The Labute approximate surface area is 174 Å². The highest BCUT2D eigenvalue weighted by Gasteiger charge is 2.10. The van der Waals surface area contributed by atoms with Gasteiger partial charge in [-0.15, -0.1) is 0 Å². The van der Waals surface area contributed by atoms with Crippen LogP contribution in [0.25, 0.3) is 0 Å². The normalized spacial score (nSPS) is 10.7. The lowest BCUT2D eigenvalue weighted by molar-refractivity contribution is 0.0950. The highest BCUT2D eigenvalue weighted by atomic mass is 35.5. The van der Waals surface area contributed by atoms with Crippen molar-refractivity contribution in [3.8, 4) is 5.75 Å². The maximum Gasteiger partial charge on any atom is 0.251 e. The van der Waals surface area contributed by atoms with E-state index in [1.165, 1.54) is 0 Å². The molecule has 28 heavy (non-hydrogen) atoms. The predicted molar refractivity (Wildman–Crippen MR) is 111 cm³/mol. The number of nitrogens with zero attached hydrogens (tertiary/aromatic N) is 2. The van der Waals surface area contributed by atoms with E-state index in [2.05, 4.69) is 10.4 Å². The standard InChI is InChI=1S/C21H21Cl2N3O2/c1-3-26-12-18(23)19(25-26)11-24-21(27)16-7-5-15(6-8-16)13-28-20-10-14(2)4-9-17(20)22/h4-10,12H,3,11,13H2,1-2H3,(H,24,27). The molecular formula is C21H21Cl2N3O2. The van der Waals surface area contributed by atoms with Gasteiger partial charge in [0.1, 0.15) is 18.1 Å². The average Bonchev–Trinajstić information content (AvgIpc) is 3.07. The molecule has 2 aromatic carbocycles. The molecule has 1 heterocycles. The van der Waals surface area contributed by atoms with Gasteiger partial charge in [-0.2, -0.15) is 5.10 Å². The molecule has 3 rings (SSSR count).